The van der Waals surface area contributed by atoms with Crippen molar-refractivity contribution in [3.05, 3.63) is 94.2 Å². The number of halogens is 3. The highest BCUT2D eigenvalue weighted by Crippen LogP contribution is 2.33. The van der Waals surface area contributed by atoms with Crippen molar-refractivity contribution < 1.29 is 22.4 Å². The minimum absolute atomic E-state index is 0.0282. The van der Waals surface area contributed by atoms with Gasteiger partial charge in [0.25, 0.3) is 10.0 Å². The monoisotopic (exact) mass is 579 g/mol. The first kappa shape index (κ1) is 29.4. The van der Waals surface area contributed by atoms with Crippen LogP contribution in [0.2, 0.25) is 10.0 Å². The molecule has 1 unspecified atom stereocenters. The van der Waals surface area contributed by atoms with Crippen LogP contribution in [-0.2, 0) is 26.2 Å². The Hall–Kier alpha value is -3.14. The summed E-state index contributed by atoms with van der Waals surface area (Å²) in [5.74, 6) is -1.53. The quantitative estimate of drug-likeness (QED) is 0.354. The lowest BCUT2D eigenvalue weighted by Gasteiger charge is -2.32. The second kappa shape index (κ2) is 12.6. The molecule has 7 nitrogen and oxygen atoms in total. The third kappa shape index (κ3) is 7.24. The smallest absolute Gasteiger partial charge is 0.264 e. The average Bonchev–Trinajstić information content (AvgIpc) is 2.87. The number of sulfonamides is 1. The van der Waals surface area contributed by atoms with Gasteiger partial charge in [0.05, 0.1) is 15.6 Å². The maximum Gasteiger partial charge on any atom is 0.264 e. The van der Waals surface area contributed by atoms with E-state index in [-0.39, 0.29) is 28.2 Å². The Balaban J connectivity index is 2.05. The minimum atomic E-state index is -4.25. The van der Waals surface area contributed by atoms with Gasteiger partial charge in [-0.1, -0.05) is 53.5 Å². The number of anilines is 1. The van der Waals surface area contributed by atoms with Crippen LogP contribution >= 0.6 is 23.2 Å². The molecule has 0 heterocycles. The average molecular weight is 581 g/mol. The van der Waals surface area contributed by atoms with E-state index < -0.39 is 40.2 Å². The zero-order chi connectivity index (χ0) is 28.0. The predicted molar refractivity (Wildman–Crippen MR) is 147 cm³/mol. The number of nitrogens with zero attached hydrogens (tertiary/aromatic N) is 2. The Morgan fingerprint density at radius 1 is 0.947 bits per heavy atom. The third-order valence-corrected chi connectivity index (χ3v) is 7.96. The Kier molecular flexibility index (Phi) is 9.76. The number of carbonyl (C=O) groups is 2. The van der Waals surface area contributed by atoms with E-state index in [1.807, 2.05) is 0 Å². The van der Waals surface area contributed by atoms with Crippen molar-refractivity contribution in [2.75, 3.05) is 10.8 Å². The van der Waals surface area contributed by atoms with Crippen molar-refractivity contribution in [1.29, 1.82) is 0 Å². The summed E-state index contributed by atoms with van der Waals surface area (Å²) in [7, 11) is -4.25. The van der Waals surface area contributed by atoms with Gasteiger partial charge < -0.3 is 10.2 Å². The maximum atomic E-state index is 13.8. The van der Waals surface area contributed by atoms with Gasteiger partial charge in [-0.25, -0.2) is 12.8 Å². The largest absolute Gasteiger partial charge is 0.352 e. The molecule has 0 fully saturated rings. The van der Waals surface area contributed by atoms with Crippen molar-refractivity contribution >= 4 is 50.7 Å². The second-order valence-corrected chi connectivity index (χ2v) is 11.6. The summed E-state index contributed by atoms with van der Waals surface area (Å²) >= 11 is 12.4. The summed E-state index contributed by atoms with van der Waals surface area (Å²) in [5, 5.41) is 3.09. The van der Waals surface area contributed by atoms with Gasteiger partial charge in [-0.3, -0.25) is 13.9 Å². The number of rotatable bonds is 10. The normalized spacial score (nSPS) is 12.2. The number of hydrogen-bond acceptors (Lipinski definition) is 4. The summed E-state index contributed by atoms with van der Waals surface area (Å²) in [6.45, 7) is 4.41. The number of hydrogen-bond donors (Lipinski definition) is 1. The topological polar surface area (TPSA) is 86.8 Å². The van der Waals surface area contributed by atoms with Gasteiger partial charge in [0.1, 0.15) is 18.4 Å². The van der Waals surface area contributed by atoms with E-state index in [0.717, 1.165) is 4.31 Å². The van der Waals surface area contributed by atoms with Crippen molar-refractivity contribution in [2.45, 2.75) is 44.3 Å². The second-order valence-electron chi connectivity index (χ2n) is 8.91. The predicted octanol–water partition coefficient (Wildman–Crippen LogP) is 5.27. The summed E-state index contributed by atoms with van der Waals surface area (Å²) in [6, 6.07) is 16.2. The van der Waals surface area contributed by atoms with Crippen LogP contribution in [0.4, 0.5) is 10.1 Å². The standard InChI is InChI=1S/C27H28Cl2FN3O4S/c1-18(2)31-27(35)19(3)32(16-20-9-12-22(30)13-10-20)26(34)17-33(25-14-11-21(28)15-24(25)29)38(36,37)23-7-5-4-6-8-23/h4-15,18-19H,16-17H2,1-3H3,(H,31,35). The van der Waals surface area contributed by atoms with E-state index >= 15 is 0 Å². The summed E-state index contributed by atoms with van der Waals surface area (Å²) in [6.07, 6.45) is 0. The van der Waals surface area contributed by atoms with Gasteiger partial charge in [0, 0.05) is 17.6 Å². The van der Waals surface area contributed by atoms with Gasteiger partial charge in [0.15, 0.2) is 0 Å². The lowest BCUT2D eigenvalue weighted by atomic mass is 10.1. The van der Waals surface area contributed by atoms with Crippen molar-refractivity contribution in [3.63, 3.8) is 0 Å². The highest BCUT2D eigenvalue weighted by atomic mass is 35.5. The van der Waals surface area contributed by atoms with E-state index in [1.165, 1.54) is 59.5 Å². The summed E-state index contributed by atoms with van der Waals surface area (Å²) in [4.78, 5) is 27.9. The Labute approximate surface area is 232 Å². The summed E-state index contributed by atoms with van der Waals surface area (Å²) < 4.78 is 41.8. The Morgan fingerprint density at radius 3 is 2.16 bits per heavy atom. The molecule has 3 rings (SSSR count). The summed E-state index contributed by atoms with van der Waals surface area (Å²) in [5.41, 5.74) is 0.611. The van der Waals surface area contributed by atoms with Crippen LogP contribution < -0.4 is 9.62 Å². The first-order valence-electron chi connectivity index (χ1n) is 11.8. The van der Waals surface area contributed by atoms with Gasteiger partial charge in [0.2, 0.25) is 11.8 Å². The SMILES string of the molecule is CC(C)NC(=O)C(C)N(Cc1ccc(F)cc1)C(=O)CN(c1ccc(Cl)cc1Cl)S(=O)(=O)c1ccccc1. The van der Waals surface area contributed by atoms with E-state index in [9.17, 15) is 22.4 Å². The lowest BCUT2D eigenvalue weighted by molar-refractivity contribution is -0.139. The first-order chi connectivity index (χ1) is 17.9. The fourth-order valence-corrected chi connectivity index (χ4v) is 5.71. The molecular formula is C27H28Cl2FN3O4S. The fraction of sp³-hybridized carbons (Fsp3) is 0.259. The molecule has 38 heavy (non-hydrogen) atoms. The molecule has 0 bridgehead atoms. The molecule has 0 spiro atoms. The van der Waals surface area contributed by atoms with E-state index in [1.54, 1.807) is 39.0 Å². The first-order valence-corrected chi connectivity index (χ1v) is 14.0. The van der Waals surface area contributed by atoms with Crippen LogP contribution in [0, 0.1) is 5.82 Å². The van der Waals surface area contributed by atoms with Gasteiger partial charge >= 0.3 is 0 Å². The Morgan fingerprint density at radius 2 is 1.58 bits per heavy atom. The zero-order valence-corrected chi connectivity index (χ0v) is 23.4. The van der Waals surface area contributed by atoms with E-state index in [2.05, 4.69) is 5.32 Å². The molecule has 202 valence electrons. The van der Waals surface area contributed by atoms with Gasteiger partial charge in [-0.15, -0.1) is 0 Å². The van der Waals surface area contributed by atoms with Crippen LogP contribution in [0.1, 0.15) is 26.3 Å². The molecular weight excluding hydrogens is 552 g/mol. The fourth-order valence-electron chi connectivity index (χ4n) is 3.69. The van der Waals surface area contributed by atoms with Crippen LogP contribution in [0.15, 0.2) is 77.7 Å². The number of benzene rings is 3. The van der Waals surface area contributed by atoms with Gasteiger partial charge in [-0.05, 0) is 68.8 Å². The molecule has 0 aromatic heterocycles. The molecule has 0 aliphatic carbocycles. The minimum Gasteiger partial charge on any atom is -0.352 e. The maximum absolute atomic E-state index is 13.8. The zero-order valence-electron chi connectivity index (χ0n) is 21.1. The molecule has 0 saturated heterocycles. The van der Waals surface area contributed by atoms with Crippen molar-refractivity contribution in [1.82, 2.24) is 10.2 Å². The number of amides is 2. The Bertz CT molecular complexity index is 1390. The number of carbonyl (C=O) groups excluding carboxylic acids is 2. The molecule has 1 atom stereocenters. The molecule has 1 N–H and O–H groups in total. The molecule has 11 heteroatoms. The van der Waals surface area contributed by atoms with Crippen LogP contribution in [0.3, 0.4) is 0 Å². The number of nitrogens with one attached hydrogen (secondary N) is 1. The highest BCUT2D eigenvalue weighted by Gasteiger charge is 2.33. The lowest BCUT2D eigenvalue weighted by Crippen LogP contribution is -2.52. The van der Waals surface area contributed by atoms with Crippen LogP contribution in [0.25, 0.3) is 0 Å². The molecule has 3 aromatic carbocycles. The van der Waals surface area contributed by atoms with E-state index in [4.69, 9.17) is 23.2 Å². The van der Waals surface area contributed by atoms with E-state index in [0.29, 0.717) is 10.6 Å². The van der Waals surface area contributed by atoms with Crippen LogP contribution in [-0.4, -0.2) is 43.8 Å². The molecule has 0 saturated carbocycles. The van der Waals surface area contributed by atoms with Crippen molar-refractivity contribution in [3.8, 4) is 0 Å². The van der Waals surface area contributed by atoms with Crippen LogP contribution in [0.5, 0.6) is 0 Å². The highest BCUT2D eigenvalue weighted by molar-refractivity contribution is 7.92. The molecule has 0 aliphatic rings. The van der Waals surface area contributed by atoms with Gasteiger partial charge in [-0.2, -0.15) is 0 Å². The third-order valence-electron chi connectivity index (χ3n) is 5.65. The molecule has 3 aromatic rings. The molecule has 0 radical (unpaired) electrons. The molecule has 2 amide bonds. The molecule has 0 aliphatic heterocycles. The van der Waals surface area contributed by atoms with Crippen molar-refractivity contribution in [2.24, 2.45) is 0 Å².